The van der Waals surface area contributed by atoms with Crippen molar-refractivity contribution in [1.29, 1.82) is 0 Å². The number of rotatable bonds is 5. The van der Waals surface area contributed by atoms with Gasteiger partial charge in [-0.05, 0) is 31.3 Å². The number of nitrogens with one attached hydrogen (secondary N) is 1. The summed E-state index contributed by atoms with van der Waals surface area (Å²) in [6, 6.07) is 7.86. The summed E-state index contributed by atoms with van der Waals surface area (Å²) >= 11 is 5.07. The van der Waals surface area contributed by atoms with Gasteiger partial charge >= 0.3 is 0 Å². The van der Waals surface area contributed by atoms with E-state index in [0.29, 0.717) is 18.2 Å². The van der Waals surface area contributed by atoms with Crippen molar-refractivity contribution in [3.8, 4) is 0 Å². The summed E-state index contributed by atoms with van der Waals surface area (Å²) in [4.78, 5) is 11.4. The summed E-state index contributed by atoms with van der Waals surface area (Å²) in [7, 11) is 0. The third-order valence-electron chi connectivity index (χ3n) is 2.66. The van der Waals surface area contributed by atoms with Crippen molar-refractivity contribution in [2.24, 2.45) is 5.92 Å². The number of thiocarbonyl (C=S) groups is 1. The summed E-state index contributed by atoms with van der Waals surface area (Å²) in [5.41, 5.74) is 2.08. The Bertz CT molecular complexity index is 414. The molecule has 0 bridgehead atoms. The average molecular weight is 265 g/mol. The molecular formula is C14H19NO2S. The van der Waals surface area contributed by atoms with E-state index in [1.165, 1.54) is 5.56 Å². The second-order valence-electron chi connectivity index (χ2n) is 4.31. The van der Waals surface area contributed by atoms with E-state index in [-0.39, 0.29) is 11.7 Å². The minimum absolute atomic E-state index is 0.118. The van der Waals surface area contributed by atoms with E-state index >= 15 is 0 Å². The number of hydrogen-bond acceptors (Lipinski definition) is 3. The lowest BCUT2D eigenvalue weighted by molar-refractivity contribution is -0.122. The molecule has 0 fully saturated rings. The van der Waals surface area contributed by atoms with Crippen LogP contribution in [0.1, 0.15) is 25.8 Å². The Hall–Kier alpha value is -1.42. The van der Waals surface area contributed by atoms with Crippen molar-refractivity contribution in [1.82, 2.24) is 0 Å². The molecule has 0 spiro atoms. The molecular weight excluding hydrogens is 246 g/mol. The topological polar surface area (TPSA) is 38.3 Å². The molecule has 0 radical (unpaired) electrons. The lowest BCUT2D eigenvalue weighted by Gasteiger charge is -2.13. The Balaban J connectivity index is 2.38. The van der Waals surface area contributed by atoms with Gasteiger partial charge in [0.15, 0.2) is 0 Å². The van der Waals surface area contributed by atoms with Crippen molar-refractivity contribution in [3.05, 3.63) is 29.8 Å². The predicted molar refractivity (Wildman–Crippen MR) is 77.8 cm³/mol. The molecule has 3 nitrogen and oxygen atoms in total. The monoisotopic (exact) mass is 265 g/mol. The van der Waals surface area contributed by atoms with Crippen LogP contribution in [-0.2, 0) is 9.53 Å². The zero-order chi connectivity index (χ0) is 13.5. The quantitative estimate of drug-likeness (QED) is 0.829. The number of benzene rings is 1. The minimum atomic E-state index is -0.118. The molecule has 1 rings (SSSR count). The molecule has 0 aliphatic rings. The number of Topliss-reactive ketones (excluding diaryl/α,β-unsaturated/α-hetero) is 1. The van der Waals surface area contributed by atoms with E-state index in [4.69, 9.17) is 17.0 Å². The summed E-state index contributed by atoms with van der Waals surface area (Å²) in [6.45, 7) is 6.04. The molecule has 0 saturated carbocycles. The number of aryl methyl sites for hydroxylation is 1. The fraction of sp³-hybridized carbons (Fsp3) is 0.429. The summed E-state index contributed by atoms with van der Waals surface area (Å²) < 4.78 is 5.36. The van der Waals surface area contributed by atoms with Gasteiger partial charge in [0.25, 0.3) is 5.17 Å². The molecule has 18 heavy (non-hydrogen) atoms. The van der Waals surface area contributed by atoms with Crippen LogP contribution in [-0.4, -0.2) is 17.6 Å². The van der Waals surface area contributed by atoms with Gasteiger partial charge < -0.3 is 10.1 Å². The predicted octanol–water partition coefficient (Wildman–Crippen LogP) is 3.32. The van der Waals surface area contributed by atoms with Gasteiger partial charge in [-0.3, -0.25) is 4.79 Å². The van der Waals surface area contributed by atoms with E-state index in [9.17, 15) is 4.79 Å². The SMILES string of the molecule is CCC(=O)C(C)COC(=S)Nc1ccc(C)cc1. The Morgan fingerprint density at radius 3 is 2.56 bits per heavy atom. The normalized spacial score (nSPS) is 11.7. The lowest BCUT2D eigenvalue weighted by Crippen LogP contribution is -2.21. The van der Waals surface area contributed by atoms with Crippen molar-refractivity contribution < 1.29 is 9.53 Å². The van der Waals surface area contributed by atoms with Crippen molar-refractivity contribution in [2.75, 3.05) is 11.9 Å². The Morgan fingerprint density at radius 1 is 1.39 bits per heavy atom. The average Bonchev–Trinajstić information content (AvgIpc) is 2.37. The van der Waals surface area contributed by atoms with Gasteiger partial charge in [0.1, 0.15) is 12.4 Å². The second kappa shape index (κ2) is 7.11. The van der Waals surface area contributed by atoms with Crippen LogP contribution in [0.4, 0.5) is 5.69 Å². The minimum Gasteiger partial charge on any atom is -0.470 e. The van der Waals surface area contributed by atoms with Crippen LogP contribution in [0.2, 0.25) is 0 Å². The van der Waals surface area contributed by atoms with E-state index in [1.807, 2.05) is 45.0 Å². The highest BCUT2D eigenvalue weighted by molar-refractivity contribution is 7.80. The molecule has 0 aliphatic heterocycles. The van der Waals surface area contributed by atoms with Gasteiger partial charge in [-0.2, -0.15) is 0 Å². The summed E-state index contributed by atoms with van der Waals surface area (Å²) in [6.07, 6.45) is 0.530. The number of carbonyl (C=O) groups excluding carboxylic acids is 1. The molecule has 4 heteroatoms. The Labute approximate surface area is 114 Å². The van der Waals surface area contributed by atoms with Gasteiger partial charge in [0.05, 0.1) is 0 Å². The highest BCUT2D eigenvalue weighted by Crippen LogP contribution is 2.09. The zero-order valence-electron chi connectivity index (χ0n) is 11.0. The van der Waals surface area contributed by atoms with Crippen molar-refractivity contribution in [2.45, 2.75) is 27.2 Å². The van der Waals surface area contributed by atoms with Gasteiger partial charge in [-0.1, -0.05) is 31.5 Å². The number of ketones is 1. The number of anilines is 1. The maximum absolute atomic E-state index is 11.4. The maximum atomic E-state index is 11.4. The molecule has 0 aliphatic carbocycles. The fourth-order valence-electron chi connectivity index (χ4n) is 1.43. The first kappa shape index (κ1) is 14.6. The van der Waals surface area contributed by atoms with Crippen LogP contribution < -0.4 is 5.32 Å². The first-order chi connectivity index (χ1) is 8.52. The highest BCUT2D eigenvalue weighted by atomic mass is 32.1. The first-order valence-electron chi connectivity index (χ1n) is 6.06. The lowest BCUT2D eigenvalue weighted by atomic mass is 10.1. The van der Waals surface area contributed by atoms with Gasteiger partial charge in [-0.25, -0.2) is 0 Å². The Morgan fingerprint density at radius 2 is 2.00 bits per heavy atom. The molecule has 1 aromatic rings. The third-order valence-corrected chi connectivity index (χ3v) is 2.88. The molecule has 0 amide bonds. The van der Waals surface area contributed by atoms with E-state index in [1.54, 1.807) is 0 Å². The van der Waals surface area contributed by atoms with Gasteiger partial charge in [-0.15, -0.1) is 0 Å². The zero-order valence-corrected chi connectivity index (χ0v) is 11.8. The molecule has 0 aromatic heterocycles. The maximum Gasteiger partial charge on any atom is 0.261 e. The largest absolute Gasteiger partial charge is 0.470 e. The van der Waals surface area contributed by atoms with Crippen molar-refractivity contribution in [3.63, 3.8) is 0 Å². The van der Waals surface area contributed by atoms with Crippen LogP contribution in [0.15, 0.2) is 24.3 Å². The van der Waals surface area contributed by atoms with Gasteiger partial charge in [0, 0.05) is 18.0 Å². The molecule has 1 atom stereocenters. The van der Waals surface area contributed by atoms with E-state index < -0.39 is 0 Å². The van der Waals surface area contributed by atoms with Crippen LogP contribution in [0, 0.1) is 12.8 Å². The van der Waals surface area contributed by atoms with Crippen molar-refractivity contribution >= 4 is 28.9 Å². The van der Waals surface area contributed by atoms with Crippen LogP contribution in [0.5, 0.6) is 0 Å². The van der Waals surface area contributed by atoms with E-state index in [2.05, 4.69) is 5.32 Å². The number of hydrogen-bond donors (Lipinski definition) is 1. The van der Waals surface area contributed by atoms with Crippen LogP contribution >= 0.6 is 12.2 Å². The first-order valence-corrected chi connectivity index (χ1v) is 6.47. The molecule has 1 aromatic carbocycles. The van der Waals surface area contributed by atoms with Crippen LogP contribution in [0.3, 0.4) is 0 Å². The second-order valence-corrected chi connectivity index (χ2v) is 4.68. The number of carbonyl (C=O) groups is 1. The fourth-order valence-corrected chi connectivity index (χ4v) is 1.62. The summed E-state index contributed by atoms with van der Waals surface area (Å²) in [5, 5.41) is 3.28. The summed E-state index contributed by atoms with van der Waals surface area (Å²) in [5.74, 6) is 0.0703. The van der Waals surface area contributed by atoms with Crippen LogP contribution in [0.25, 0.3) is 0 Å². The molecule has 1 unspecified atom stereocenters. The molecule has 1 N–H and O–H groups in total. The van der Waals surface area contributed by atoms with Gasteiger partial charge in [0.2, 0.25) is 0 Å². The highest BCUT2D eigenvalue weighted by Gasteiger charge is 2.12. The third kappa shape index (κ3) is 4.84. The van der Waals surface area contributed by atoms with E-state index in [0.717, 1.165) is 5.69 Å². The molecule has 0 heterocycles. The molecule has 0 saturated heterocycles. The smallest absolute Gasteiger partial charge is 0.261 e. The standard InChI is InChI=1S/C14H19NO2S/c1-4-13(16)11(3)9-17-14(18)15-12-7-5-10(2)6-8-12/h5-8,11H,4,9H2,1-3H3,(H,15,18). The molecule has 98 valence electrons. The number of ether oxygens (including phenoxy) is 1. The Kier molecular flexibility index (Phi) is 5.78.